The Morgan fingerprint density at radius 3 is 2.79 bits per heavy atom. The minimum absolute atomic E-state index is 0.00366. The molecular formula is C10H16N2OS. The highest BCUT2D eigenvalue weighted by Gasteiger charge is 2.38. The maximum atomic E-state index is 5.85. The second-order valence-corrected chi connectivity index (χ2v) is 5.15. The van der Waals surface area contributed by atoms with Gasteiger partial charge in [-0.3, -0.25) is 0 Å². The number of nitrogens with zero attached hydrogens (tertiary/aromatic N) is 1. The minimum atomic E-state index is 0.00366. The lowest BCUT2D eigenvalue weighted by Gasteiger charge is -2.22. The summed E-state index contributed by atoms with van der Waals surface area (Å²) in [5, 5.41) is 1.16. The number of hydrogen-bond donors (Lipinski definition) is 1. The highest BCUT2D eigenvalue weighted by atomic mass is 32.1. The first-order valence-electron chi connectivity index (χ1n) is 4.90. The molecule has 14 heavy (non-hydrogen) atoms. The molecule has 3 nitrogen and oxygen atoms in total. The van der Waals surface area contributed by atoms with Crippen LogP contribution in [-0.2, 0) is 10.2 Å². The number of hydrogen-bond acceptors (Lipinski definition) is 4. The topological polar surface area (TPSA) is 48.1 Å². The monoisotopic (exact) mass is 212 g/mol. The molecule has 2 heterocycles. The molecule has 1 aliphatic rings. The van der Waals surface area contributed by atoms with E-state index in [2.05, 4.69) is 18.8 Å². The summed E-state index contributed by atoms with van der Waals surface area (Å²) < 4.78 is 5.44. The fraction of sp³-hybridized carbons (Fsp3) is 0.700. The van der Waals surface area contributed by atoms with E-state index >= 15 is 0 Å². The van der Waals surface area contributed by atoms with Gasteiger partial charge in [-0.05, 0) is 20.3 Å². The quantitative estimate of drug-likeness (QED) is 0.805. The molecule has 78 valence electrons. The molecular weight excluding hydrogens is 196 g/mol. The maximum Gasteiger partial charge on any atom is 0.103 e. The summed E-state index contributed by atoms with van der Waals surface area (Å²) in [6.07, 6.45) is 1.01. The third-order valence-corrected chi connectivity index (χ3v) is 4.30. The molecule has 0 spiro atoms. The van der Waals surface area contributed by atoms with Gasteiger partial charge >= 0.3 is 0 Å². The Morgan fingerprint density at radius 1 is 1.57 bits per heavy atom. The Balaban J connectivity index is 2.36. The van der Waals surface area contributed by atoms with Crippen LogP contribution >= 0.6 is 11.3 Å². The number of ether oxygens (including phenoxy) is 1. The molecule has 1 aliphatic heterocycles. The largest absolute Gasteiger partial charge is 0.380 e. The van der Waals surface area contributed by atoms with Gasteiger partial charge in [0.2, 0.25) is 0 Å². The average molecular weight is 212 g/mol. The highest BCUT2D eigenvalue weighted by molar-refractivity contribution is 7.11. The van der Waals surface area contributed by atoms with Crippen molar-refractivity contribution in [2.45, 2.75) is 25.7 Å². The van der Waals surface area contributed by atoms with Crippen LogP contribution in [0.2, 0.25) is 0 Å². The molecule has 4 heteroatoms. The van der Waals surface area contributed by atoms with Gasteiger partial charge in [0, 0.05) is 18.0 Å². The molecule has 2 N–H and O–H groups in total. The Bertz CT molecular complexity index is 309. The fourth-order valence-electron chi connectivity index (χ4n) is 1.72. The van der Waals surface area contributed by atoms with E-state index in [1.165, 1.54) is 4.88 Å². The second-order valence-electron chi connectivity index (χ2n) is 3.95. The van der Waals surface area contributed by atoms with Crippen LogP contribution in [0.3, 0.4) is 0 Å². The molecule has 1 aromatic heterocycles. The van der Waals surface area contributed by atoms with Gasteiger partial charge in [0.05, 0.1) is 17.7 Å². The zero-order chi connectivity index (χ0) is 10.2. The maximum absolute atomic E-state index is 5.85. The summed E-state index contributed by atoms with van der Waals surface area (Å²) in [6.45, 7) is 6.34. The van der Waals surface area contributed by atoms with Crippen molar-refractivity contribution < 1.29 is 4.74 Å². The summed E-state index contributed by atoms with van der Waals surface area (Å²) >= 11 is 1.76. The SMILES string of the molecule is Cc1nc(C2(CN)CCOC2)sc1C. The van der Waals surface area contributed by atoms with Gasteiger partial charge in [0.15, 0.2) is 0 Å². The highest BCUT2D eigenvalue weighted by Crippen LogP contribution is 2.35. The summed E-state index contributed by atoms with van der Waals surface area (Å²) in [5.41, 5.74) is 6.98. The Kier molecular flexibility index (Phi) is 2.60. The minimum Gasteiger partial charge on any atom is -0.380 e. The third-order valence-electron chi connectivity index (χ3n) is 2.98. The van der Waals surface area contributed by atoms with E-state index in [1.807, 2.05) is 0 Å². The van der Waals surface area contributed by atoms with Crippen molar-refractivity contribution in [3.8, 4) is 0 Å². The van der Waals surface area contributed by atoms with Crippen molar-refractivity contribution in [2.75, 3.05) is 19.8 Å². The van der Waals surface area contributed by atoms with E-state index in [-0.39, 0.29) is 5.41 Å². The van der Waals surface area contributed by atoms with Gasteiger partial charge in [-0.25, -0.2) is 4.98 Å². The molecule has 2 rings (SSSR count). The predicted octanol–water partition coefficient (Wildman–Crippen LogP) is 1.38. The van der Waals surface area contributed by atoms with E-state index in [4.69, 9.17) is 10.5 Å². The zero-order valence-electron chi connectivity index (χ0n) is 8.67. The van der Waals surface area contributed by atoms with Crippen LogP contribution in [0.25, 0.3) is 0 Å². The molecule has 0 saturated carbocycles. The Hall–Kier alpha value is -0.450. The fourth-order valence-corrected chi connectivity index (χ4v) is 2.85. The van der Waals surface area contributed by atoms with Gasteiger partial charge in [-0.1, -0.05) is 0 Å². The van der Waals surface area contributed by atoms with E-state index in [0.717, 1.165) is 30.3 Å². The van der Waals surface area contributed by atoms with Crippen LogP contribution in [0.1, 0.15) is 22.0 Å². The van der Waals surface area contributed by atoms with Gasteiger partial charge in [-0.2, -0.15) is 0 Å². The van der Waals surface area contributed by atoms with Gasteiger partial charge in [-0.15, -0.1) is 11.3 Å². The van der Waals surface area contributed by atoms with Gasteiger partial charge < -0.3 is 10.5 Å². The van der Waals surface area contributed by atoms with E-state index in [0.29, 0.717) is 6.54 Å². The van der Waals surface area contributed by atoms with Crippen LogP contribution in [-0.4, -0.2) is 24.7 Å². The van der Waals surface area contributed by atoms with Crippen molar-refractivity contribution in [3.63, 3.8) is 0 Å². The van der Waals surface area contributed by atoms with Crippen molar-refractivity contribution >= 4 is 11.3 Å². The standard InChI is InChI=1S/C10H16N2OS/c1-7-8(2)14-9(12-7)10(5-11)3-4-13-6-10/h3-6,11H2,1-2H3. The van der Waals surface area contributed by atoms with E-state index < -0.39 is 0 Å². The summed E-state index contributed by atoms with van der Waals surface area (Å²) in [5.74, 6) is 0. The molecule has 0 bridgehead atoms. The Morgan fingerprint density at radius 2 is 2.36 bits per heavy atom. The lowest BCUT2D eigenvalue weighted by atomic mass is 9.88. The summed E-state index contributed by atoms with van der Waals surface area (Å²) in [4.78, 5) is 5.89. The van der Waals surface area contributed by atoms with Crippen LogP contribution in [0.5, 0.6) is 0 Å². The lowest BCUT2D eigenvalue weighted by molar-refractivity contribution is 0.178. The van der Waals surface area contributed by atoms with Gasteiger partial charge in [0.25, 0.3) is 0 Å². The number of aromatic nitrogens is 1. The lowest BCUT2D eigenvalue weighted by Crippen LogP contribution is -2.35. The van der Waals surface area contributed by atoms with Crippen LogP contribution in [0.4, 0.5) is 0 Å². The molecule has 1 fully saturated rings. The summed E-state index contributed by atoms with van der Waals surface area (Å²) in [7, 11) is 0. The number of thiazole rings is 1. The molecule has 0 radical (unpaired) electrons. The molecule has 1 saturated heterocycles. The van der Waals surface area contributed by atoms with E-state index in [9.17, 15) is 0 Å². The summed E-state index contributed by atoms with van der Waals surface area (Å²) in [6, 6.07) is 0. The second kappa shape index (κ2) is 3.61. The molecule has 1 atom stereocenters. The average Bonchev–Trinajstić information content (AvgIpc) is 2.75. The van der Waals surface area contributed by atoms with Crippen LogP contribution < -0.4 is 5.73 Å². The first-order chi connectivity index (χ1) is 6.68. The molecule has 0 aromatic carbocycles. The Labute approximate surface area is 88.3 Å². The van der Waals surface area contributed by atoms with Crippen molar-refractivity contribution in [3.05, 3.63) is 15.6 Å². The normalized spacial score (nSPS) is 27.1. The molecule has 0 aliphatic carbocycles. The molecule has 1 aromatic rings. The molecule has 0 amide bonds. The van der Waals surface area contributed by atoms with Crippen molar-refractivity contribution in [1.82, 2.24) is 4.98 Å². The number of rotatable bonds is 2. The van der Waals surface area contributed by atoms with Gasteiger partial charge in [0.1, 0.15) is 5.01 Å². The third kappa shape index (κ3) is 1.47. The number of aryl methyl sites for hydroxylation is 2. The molecule has 1 unspecified atom stereocenters. The van der Waals surface area contributed by atoms with Crippen molar-refractivity contribution in [1.29, 1.82) is 0 Å². The first-order valence-corrected chi connectivity index (χ1v) is 5.72. The smallest absolute Gasteiger partial charge is 0.103 e. The first kappa shape index (κ1) is 10.1. The van der Waals surface area contributed by atoms with Crippen molar-refractivity contribution in [2.24, 2.45) is 5.73 Å². The zero-order valence-corrected chi connectivity index (χ0v) is 9.49. The van der Waals surface area contributed by atoms with Crippen LogP contribution in [0, 0.1) is 13.8 Å². The number of nitrogens with two attached hydrogens (primary N) is 1. The van der Waals surface area contributed by atoms with Crippen LogP contribution in [0.15, 0.2) is 0 Å². The van der Waals surface area contributed by atoms with E-state index in [1.54, 1.807) is 11.3 Å². The predicted molar refractivity (Wildman–Crippen MR) is 57.8 cm³/mol.